The van der Waals surface area contributed by atoms with Crippen LogP contribution in [-0.2, 0) is 22.6 Å². The zero-order valence-corrected chi connectivity index (χ0v) is 21.2. The van der Waals surface area contributed by atoms with Gasteiger partial charge in [-0.15, -0.1) is 11.8 Å². The van der Waals surface area contributed by atoms with Gasteiger partial charge in [0.05, 0.1) is 0 Å². The highest BCUT2D eigenvalue weighted by Gasteiger charge is 2.29. The SMILES string of the molecule is CNC(=O)C(Cc1ccccc1)N(Cc1ccccc1C)C(=O)CCCSc1ccc(Cl)cc1. The third-order valence-electron chi connectivity index (χ3n) is 5.74. The Morgan fingerprint density at radius 2 is 1.65 bits per heavy atom. The van der Waals surface area contributed by atoms with Gasteiger partial charge in [0.15, 0.2) is 0 Å². The molecule has 0 aliphatic carbocycles. The van der Waals surface area contributed by atoms with Gasteiger partial charge >= 0.3 is 0 Å². The number of rotatable bonds is 11. The van der Waals surface area contributed by atoms with Crippen LogP contribution in [0.25, 0.3) is 0 Å². The quantitative estimate of drug-likeness (QED) is 0.266. The summed E-state index contributed by atoms with van der Waals surface area (Å²) in [5.41, 5.74) is 3.18. The minimum atomic E-state index is -0.580. The monoisotopic (exact) mass is 494 g/mol. The minimum Gasteiger partial charge on any atom is -0.357 e. The Morgan fingerprint density at radius 1 is 0.971 bits per heavy atom. The van der Waals surface area contributed by atoms with Crippen molar-refractivity contribution in [3.63, 3.8) is 0 Å². The largest absolute Gasteiger partial charge is 0.357 e. The van der Waals surface area contributed by atoms with Crippen molar-refractivity contribution in [1.29, 1.82) is 0 Å². The Kier molecular flexibility index (Phi) is 10.0. The van der Waals surface area contributed by atoms with Crippen LogP contribution in [0.3, 0.4) is 0 Å². The van der Waals surface area contributed by atoms with Crippen LogP contribution in [-0.4, -0.2) is 35.6 Å². The van der Waals surface area contributed by atoms with E-state index in [2.05, 4.69) is 5.32 Å². The van der Waals surface area contributed by atoms with Crippen molar-refractivity contribution >= 4 is 35.2 Å². The number of hydrogen-bond acceptors (Lipinski definition) is 3. The van der Waals surface area contributed by atoms with Crippen LogP contribution in [0.15, 0.2) is 83.8 Å². The number of halogens is 1. The molecule has 34 heavy (non-hydrogen) atoms. The molecule has 0 fully saturated rings. The molecule has 3 aromatic rings. The summed E-state index contributed by atoms with van der Waals surface area (Å²) in [6.07, 6.45) is 1.58. The average Bonchev–Trinajstić information content (AvgIpc) is 2.86. The number of hydrogen-bond donors (Lipinski definition) is 1. The van der Waals surface area contributed by atoms with Gasteiger partial charge in [0.25, 0.3) is 0 Å². The third-order valence-corrected chi connectivity index (χ3v) is 7.09. The summed E-state index contributed by atoms with van der Waals surface area (Å²) in [4.78, 5) is 29.3. The van der Waals surface area contributed by atoms with Gasteiger partial charge in [0.2, 0.25) is 11.8 Å². The minimum absolute atomic E-state index is 0.00973. The molecule has 1 unspecified atom stereocenters. The second kappa shape index (κ2) is 13.2. The van der Waals surface area contributed by atoms with Gasteiger partial charge in [0, 0.05) is 36.4 Å². The average molecular weight is 495 g/mol. The topological polar surface area (TPSA) is 49.4 Å². The van der Waals surface area contributed by atoms with Crippen LogP contribution in [0.4, 0.5) is 0 Å². The summed E-state index contributed by atoms with van der Waals surface area (Å²) in [6, 6.07) is 25.0. The van der Waals surface area contributed by atoms with Crippen molar-refractivity contribution in [1.82, 2.24) is 10.2 Å². The molecule has 0 saturated heterocycles. The van der Waals surface area contributed by atoms with E-state index in [0.717, 1.165) is 33.8 Å². The molecule has 178 valence electrons. The van der Waals surface area contributed by atoms with Crippen LogP contribution in [0, 0.1) is 6.92 Å². The highest BCUT2D eigenvalue weighted by molar-refractivity contribution is 7.99. The molecule has 3 aromatic carbocycles. The molecule has 2 amide bonds. The summed E-state index contributed by atoms with van der Waals surface area (Å²) in [5.74, 6) is 0.653. The first-order valence-electron chi connectivity index (χ1n) is 11.5. The lowest BCUT2D eigenvalue weighted by Gasteiger charge is -2.31. The number of aryl methyl sites for hydroxylation is 1. The fraction of sp³-hybridized carbons (Fsp3) is 0.286. The molecule has 3 rings (SSSR count). The summed E-state index contributed by atoms with van der Waals surface area (Å²) >= 11 is 7.66. The van der Waals surface area contributed by atoms with E-state index in [4.69, 9.17) is 11.6 Å². The standard InChI is InChI=1S/C28H31ClN2O2S/c1-21-9-6-7-12-23(21)20-31(26(28(33)30-2)19-22-10-4-3-5-11-22)27(32)13-8-18-34-25-16-14-24(29)15-17-25/h3-7,9-12,14-17,26H,8,13,18-20H2,1-2H3,(H,30,33). The zero-order valence-electron chi connectivity index (χ0n) is 19.7. The molecule has 4 nitrogen and oxygen atoms in total. The molecule has 1 atom stereocenters. The summed E-state index contributed by atoms with van der Waals surface area (Å²) in [7, 11) is 1.62. The molecule has 1 N–H and O–H groups in total. The molecular weight excluding hydrogens is 464 g/mol. The lowest BCUT2D eigenvalue weighted by atomic mass is 10.0. The highest BCUT2D eigenvalue weighted by atomic mass is 35.5. The molecule has 0 spiro atoms. The van der Waals surface area contributed by atoms with Gasteiger partial charge in [-0.1, -0.05) is 66.2 Å². The van der Waals surface area contributed by atoms with E-state index in [1.807, 2.05) is 85.8 Å². The van der Waals surface area contributed by atoms with Gasteiger partial charge in [-0.3, -0.25) is 9.59 Å². The van der Waals surface area contributed by atoms with Gasteiger partial charge < -0.3 is 10.2 Å². The van der Waals surface area contributed by atoms with E-state index >= 15 is 0 Å². The fourth-order valence-electron chi connectivity index (χ4n) is 3.78. The number of nitrogens with zero attached hydrogens (tertiary/aromatic N) is 1. The Morgan fingerprint density at radius 3 is 2.32 bits per heavy atom. The maximum atomic E-state index is 13.5. The summed E-state index contributed by atoms with van der Waals surface area (Å²) in [6.45, 7) is 2.44. The van der Waals surface area contributed by atoms with Crippen LogP contribution in [0.1, 0.15) is 29.5 Å². The molecule has 0 radical (unpaired) electrons. The Hall–Kier alpha value is -2.76. The first-order chi connectivity index (χ1) is 16.5. The van der Waals surface area contributed by atoms with E-state index in [1.54, 1.807) is 23.7 Å². The van der Waals surface area contributed by atoms with E-state index in [0.29, 0.717) is 24.4 Å². The number of benzene rings is 3. The van der Waals surface area contributed by atoms with Crippen molar-refractivity contribution in [2.45, 2.75) is 43.7 Å². The fourth-order valence-corrected chi connectivity index (χ4v) is 4.76. The number of carbonyl (C=O) groups is 2. The molecular formula is C28H31ClN2O2S. The highest BCUT2D eigenvalue weighted by Crippen LogP contribution is 2.23. The number of likely N-dealkylation sites (N-methyl/N-ethyl adjacent to an activating group) is 1. The number of thioether (sulfide) groups is 1. The number of nitrogens with one attached hydrogen (secondary N) is 1. The van der Waals surface area contributed by atoms with E-state index in [-0.39, 0.29) is 11.8 Å². The van der Waals surface area contributed by atoms with Crippen LogP contribution >= 0.6 is 23.4 Å². The van der Waals surface area contributed by atoms with Crippen LogP contribution in [0.5, 0.6) is 0 Å². The number of amides is 2. The smallest absolute Gasteiger partial charge is 0.242 e. The van der Waals surface area contributed by atoms with Crippen LogP contribution in [0.2, 0.25) is 5.02 Å². The first-order valence-corrected chi connectivity index (χ1v) is 12.8. The molecule has 0 saturated carbocycles. The van der Waals surface area contributed by atoms with Gasteiger partial charge in [-0.05, 0) is 60.1 Å². The molecule has 0 aliphatic rings. The normalized spacial score (nSPS) is 11.6. The molecule has 0 aliphatic heterocycles. The lowest BCUT2D eigenvalue weighted by Crippen LogP contribution is -2.49. The molecule has 0 bridgehead atoms. The summed E-state index contributed by atoms with van der Waals surface area (Å²) < 4.78 is 0. The van der Waals surface area contributed by atoms with Gasteiger partial charge in [0.1, 0.15) is 6.04 Å². The Labute approximate surface area is 211 Å². The third kappa shape index (κ3) is 7.64. The summed E-state index contributed by atoms with van der Waals surface area (Å²) in [5, 5.41) is 3.48. The maximum absolute atomic E-state index is 13.5. The van der Waals surface area contributed by atoms with E-state index in [9.17, 15) is 9.59 Å². The van der Waals surface area contributed by atoms with Crippen molar-refractivity contribution in [3.05, 3.63) is 101 Å². The predicted octanol–water partition coefficient (Wildman–Crippen LogP) is 5.91. The van der Waals surface area contributed by atoms with Gasteiger partial charge in [-0.2, -0.15) is 0 Å². The maximum Gasteiger partial charge on any atom is 0.242 e. The van der Waals surface area contributed by atoms with Crippen molar-refractivity contribution in [3.8, 4) is 0 Å². The second-order valence-corrected chi connectivity index (χ2v) is 9.78. The molecule has 0 heterocycles. The van der Waals surface area contributed by atoms with Crippen molar-refractivity contribution in [2.24, 2.45) is 0 Å². The lowest BCUT2D eigenvalue weighted by molar-refractivity contribution is -0.141. The Bertz CT molecular complexity index is 1070. The van der Waals surface area contributed by atoms with Gasteiger partial charge in [-0.25, -0.2) is 0 Å². The van der Waals surface area contributed by atoms with E-state index < -0.39 is 6.04 Å². The van der Waals surface area contributed by atoms with Crippen molar-refractivity contribution < 1.29 is 9.59 Å². The molecule has 0 aromatic heterocycles. The van der Waals surface area contributed by atoms with E-state index in [1.165, 1.54) is 0 Å². The first kappa shape index (κ1) is 25.9. The Balaban J connectivity index is 1.75. The predicted molar refractivity (Wildman–Crippen MR) is 141 cm³/mol. The van der Waals surface area contributed by atoms with Crippen LogP contribution < -0.4 is 5.32 Å². The second-order valence-electron chi connectivity index (χ2n) is 8.17. The molecule has 6 heteroatoms. The van der Waals surface area contributed by atoms with Crippen molar-refractivity contribution in [2.75, 3.05) is 12.8 Å². The number of carbonyl (C=O) groups excluding carboxylic acids is 2. The zero-order chi connectivity index (χ0) is 24.3.